The molecule has 5 nitrogen and oxygen atoms in total. The Balaban J connectivity index is 2.41. The maximum absolute atomic E-state index is 5.37. The topological polar surface area (TPSA) is 56.7 Å². The zero-order valence-corrected chi connectivity index (χ0v) is 7.56. The average Bonchev–Trinajstić information content (AvgIpc) is 2.71. The van der Waals surface area contributed by atoms with Crippen LogP contribution in [0.4, 0.5) is 0 Å². The van der Waals surface area contributed by atoms with Crippen molar-refractivity contribution in [1.29, 1.82) is 0 Å². The molecule has 0 N–H and O–H groups in total. The SMILES string of the molecule is CCc1nnc(-c2ccnn2C)o1. The van der Waals surface area contributed by atoms with E-state index in [2.05, 4.69) is 15.3 Å². The molecule has 0 amide bonds. The van der Waals surface area contributed by atoms with Crippen LogP contribution in [0.25, 0.3) is 11.6 Å². The fourth-order valence-electron chi connectivity index (χ4n) is 1.08. The van der Waals surface area contributed by atoms with Crippen molar-refractivity contribution < 1.29 is 4.42 Å². The zero-order chi connectivity index (χ0) is 9.26. The molecule has 0 atom stereocenters. The van der Waals surface area contributed by atoms with Crippen molar-refractivity contribution in [2.24, 2.45) is 7.05 Å². The van der Waals surface area contributed by atoms with Gasteiger partial charge < -0.3 is 4.42 Å². The van der Waals surface area contributed by atoms with Gasteiger partial charge in [-0.1, -0.05) is 6.92 Å². The molecular weight excluding hydrogens is 168 g/mol. The van der Waals surface area contributed by atoms with Gasteiger partial charge in [-0.25, -0.2) is 0 Å². The van der Waals surface area contributed by atoms with E-state index in [0.29, 0.717) is 11.8 Å². The smallest absolute Gasteiger partial charge is 0.265 e. The van der Waals surface area contributed by atoms with E-state index in [0.717, 1.165) is 12.1 Å². The molecule has 0 aromatic carbocycles. The normalized spacial score (nSPS) is 10.6. The van der Waals surface area contributed by atoms with Crippen molar-refractivity contribution in [2.45, 2.75) is 13.3 Å². The van der Waals surface area contributed by atoms with Crippen molar-refractivity contribution in [3.05, 3.63) is 18.2 Å². The summed E-state index contributed by atoms with van der Waals surface area (Å²) in [4.78, 5) is 0. The number of aromatic nitrogens is 4. The molecule has 2 aromatic heterocycles. The van der Waals surface area contributed by atoms with Gasteiger partial charge in [-0.05, 0) is 6.07 Å². The van der Waals surface area contributed by atoms with Crippen LogP contribution >= 0.6 is 0 Å². The lowest BCUT2D eigenvalue weighted by atomic mass is 10.4. The van der Waals surface area contributed by atoms with Crippen molar-refractivity contribution in [2.75, 3.05) is 0 Å². The lowest BCUT2D eigenvalue weighted by Gasteiger charge is -1.93. The van der Waals surface area contributed by atoms with Gasteiger partial charge in [0, 0.05) is 19.7 Å². The Morgan fingerprint density at radius 3 is 2.85 bits per heavy atom. The molecule has 0 aliphatic carbocycles. The van der Waals surface area contributed by atoms with E-state index < -0.39 is 0 Å². The van der Waals surface area contributed by atoms with Crippen LogP contribution in [-0.2, 0) is 13.5 Å². The predicted molar refractivity (Wildman–Crippen MR) is 45.9 cm³/mol. The maximum atomic E-state index is 5.37. The van der Waals surface area contributed by atoms with Gasteiger partial charge in [-0.2, -0.15) is 5.10 Å². The molecule has 2 aromatic rings. The highest BCUT2D eigenvalue weighted by Crippen LogP contribution is 2.15. The van der Waals surface area contributed by atoms with Crippen LogP contribution in [0.2, 0.25) is 0 Å². The summed E-state index contributed by atoms with van der Waals surface area (Å²) in [6.45, 7) is 1.97. The summed E-state index contributed by atoms with van der Waals surface area (Å²) in [6, 6.07) is 1.84. The van der Waals surface area contributed by atoms with Gasteiger partial charge in [0.15, 0.2) is 0 Å². The first-order chi connectivity index (χ1) is 6.31. The third-order valence-corrected chi connectivity index (χ3v) is 1.81. The summed E-state index contributed by atoms with van der Waals surface area (Å²) < 4.78 is 7.08. The van der Waals surface area contributed by atoms with Gasteiger partial charge in [-0.15, -0.1) is 10.2 Å². The molecule has 0 aliphatic rings. The van der Waals surface area contributed by atoms with Crippen LogP contribution < -0.4 is 0 Å². The molecule has 0 aliphatic heterocycles. The van der Waals surface area contributed by atoms with Gasteiger partial charge in [0.05, 0.1) is 0 Å². The van der Waals surface area contributed by atoms with E-state index >= 15 is 0 Å². The van der Waals surface area contributed by atoms with Crippen molar-refractivity contribution in [3.8, 4) is 11.6 Å². The maximum Gasteiger partial charge on any atom is 0.265 e. The Labute approximate surface area is 75.4 Å². The molecule has 68 valence electrons. The third kappa shape index (κ3) is 1.32. The molecule has 2 rings (SSSR count). The van der Waals surface area contributed by atoms with Crippen LogP contribution in [0.1, 0.15) is 12.8 Å². The molecule has 0 spiro atoms. The van der Waals surface area contributed by atoms with E-state index in [4.69, 9.17) is 4.42 Å². The number of nitrogens with zero attached hydrogens (tertiary/aromatic N) is 4. The van der Waals surface area contributed by atoms with E-state index in [9.17, 15) is 0 Å². The second-order valence-corrected chi connectivity index (χ2v) is 2.69. The fraction of sp³-hybridized carbons (Fsp3) is 0.375. The molecule has 0 unspecified atom stereocenters. The molecule has 0 fully saturated rings. The van der Waals surface area contributed by atoms with Crippen molar-refractivity contribution in [1.82, 2.24) is 20.0 Å². The first kappa shape index (κ1) is 7.97. The van der Waals surface area contributed by atoms with Gasteiger partial charge in [0.2, 0.25) is 5.89 Å². The Bertz CT molecular complexity index is 404. The highest BCUT2D eigenvalue weighted by atomic mass is 16.4. The Hall–Kier alpha value is -1.65. The lowest BCUT2D eigenvalue weighted by Crippen LogP contribution is -1.92. The summed E-state index contributed by atoms with van der Waals surface area (Å²) in [5.74, 6) is 1.17. The predicted octanol–water partition coefficient (Wildman–Crippen LogP) is 1.03. The molecular formula is C8H10N4O. The molecule has 0 bridgehead atoms. The number of aryl methyl sites for hydroxylation is 2. The molecule has 0 radical (unpaired) electrons. The average molecular weight is 178 g/mol. The van der Waals surface area contributed by atoms with E-state index in [1.54, 1.807) is 10.9 Å². The molecule has 0 saturated carbocycles. The summed E-state index contributed by atoms with van der Waals surface area (Å²) in [6.07, 6.45) is 2.45. The quantitative estimate of drug-likeness (QED) is 0.689. The lowest BCUT2D eigenvalue weighted by molar-refractivity contribution is 0.507. The minimum absolute atomic E-state index is 0.525. The number of hydrogen-bond donors (Lipinski definition) is 0. The Morgan fingerprint density at radius 2 is 2.31 bits per heavy atom. The highest BCUT2D eigenvalue weighted by Gasteiger charge is 2.09. The summed E-state index contributed by atoms with van der Waals surface area (Å²) >= 11 is 0. The zero-order valence-electron chi connectivity index (χ0n) is 7.56. The molecule has 2 heterocycles. The minimum atomic E-state index is 0.525. The van der Waals surface area contributed by atoms with Crippen LogP contribution in [0.15, 0.2) is 16.7 Å². The second-order valence-electron chi connectivity index (χ2n) is 2.69. The largest absolute Gasteiger partial charge is 0.419 e. The Morgan fingerprint density at radius 1 is 1.46 bits per heavy atom. The van der Waals surface area contributed by atoms with Gasteiger partial charge in [-0.3, -0.25) is 4.68 Å². The van der Waals surface area contributed by atoms with Crippen LogP contribution in [0.3, 0.4) is 0 Å². The van der Waals surface area contributed by atoms with Crippen molar-refractivity contribution >= 4 is 0 Å². The van der Waals surface area contributed by atoms with Crippen LogP contribution in [0.5, 0.6) is 0 Å². The van der Waals surface area contributed by atoms with Crippen LogP contribution in [0, 0.1) is 0 Å². The first-order valence-electron chi connectivity index (χ1n) is 4.12. The van der Waals surface area contributed by atoms with E-state index in [1.165, 1.54) is 0 Å². The van der Waals surface area contributed by atoms with Gasteiger partial charge in [0.25, 0.3) is 5.89 Å². The fourth-order valence-corrected chi connectivity index (χ4v) is 1.08. The van der Waals surface area contributed by atoms with Crippen LogP contribution in [-0.4, -0.2) is 20.0 Å². The molecule has 5 heteroatoms. The third-order valence-electron chi connectivity index (χ3n) is 1.81. The Kier molecular flexibility index (Phi) is 1.84. The van der Waals surface area contributed by atoms with E-state index in [1.807, 2.05) is 20.0 Å². The molecule has 13 heavy (non-hydrogen) atoms. The van der Waals surface area contributed by atoms with Gasteiger partial charge in [0.1, 0.15) is 5.69 Å². The monoisotopic (exact) mass is 178 g/mol. The van der Waals surface area contributed by atoms with E-state index in [-0.39, 0.29) is 0 Å². The highest BCUT2D eigenvalue weighted by molar-refractivity contribution is 5.45. The summed E-state index contributed by atoms with van der Waals surface area (Å²) in [7, 11) is 1.84. The summed E-state index contributed by atoms with van der Waals surface area (Å²) in [5, 5.41) is 11.8. The summed E-state index contributed by atoms with van der Waals surface area (Å²) in [5.41, 5.74) is 0.840. The standard InChI is InChI=1S/C8H10N4O/c1-3-7-10-11-8(13-7)6-4-5-9-12(6)2/h4-5H,3H2,1-2H3. The second kappa shape index (κ2) is 3.01. The number of hydrogen-bond acceptors (Lipinski definition) is 4. The van der Waals surface area contributed by atoms with Crippen molar-refractivity contribution in [3.63, 3.8) is 0 Å². The van der Waals surface area contributed by atoms with Gasteiger partial charge >= 0.3 is 0 Å². The molecule has 0 saturated heterocycles. The first-order valence-corrected chi connectivity index (χ1v) is 4.12. The minimum Gasteiger partial charge on any atom is -0.419 e. The number of rotatable bonds is 2.